The molecule has 3 aromatic rings. The highest BCUT2D eigenvalue weighted by molar-refractivity contribution is 7.13. The van der Waals surface area contributed by atoms with Gasteiger partial charge in [-0.15, -0.1) is 11.3 Å². The Labute approximate surface area is 168 Å². The lowest BCUT2D eigenvalue weighted by Crippen LogP contribution is -2.34. The number of anilines is 1. The Morgan fingerprint density at radius 2 is 2.00 bits per heavy atom. The van der Waals surface area contributed by atoms with Gasteiger partial charge < -0.3 is 15.6 Å². The van der Waals surface area contributed by atoms with Crippen LogP contribution in [0.2, 0.25) is 0 Å². The van der Waals surface area contributed by atoms with Gasteiger partial charge in [-0.2, -0.15) is 0 Å². The van der Waals surface area contributed by atoms with Gasteiger partial charge >= 0.3 is 0 Å². The highest BCUT2D eigenvalue weighted by Crippen LogP contribution is 2.12. The van der Waals surface area contributed by atoms with Gasteiger partial charge in [0.1, 0.15) is 5.56 Å². The predicted octanol–water partition coefficient (Wildman–Crippen LogP) is 2.80. The Hall–Kier alpha value is -2.93. The van der Waals surface area contributed by atoms with Crippen LogP contribution in [-0.2, 0) is 19.4 Å². The number of pyridine rings is 1. The summed E-state index contributed by atoms with van der Waals surface area (Å²) in [6.45, 7) is 2.80. The number of aromatic nitrogens is 2. The number of nitrogen functional groups attached to an aromatic ring is 1. The molecule has 1 amide bonds. The third-order valence-electron chi connectivity index (χ3n) is 4.55. The van der Waals surface area contributed by atoms with E-state index in [2.05, 4.69) is 10.3 Å². The number of carbonyl (C=O) groups excluding carboxylic acids is 1. The zero-order valence-electron chi connectivity index (χ0n) is 15.9. The summed E-state index contributed by atoms with van der Waals surface area (Å²) in [4.78, 5) is 29.6. The molecule has 0 bridgehead atoms. The van der Waals surface area contributed by atoms with Crippen LogP contribution in [0.4, 0.5) is 5.13 Å². The Bertz CT molecular complexity index is 995. The fraction of sp³-hybridized carbons (Fsp3) is 0.286. The largest absolute Gasteiger partial charge is 0.375 e. The molecule has 3 rings (SSSR count). The average molecular weight is 397 g/mol. The molecular formula is C21H24N4O2S. The molecule has 0 aliphatic rings. The number of amides is 1. The van der Waals surface area contributed by atoms with Gasteiger partial charge in [0, 0.05) is 24.7 Å². The summed E-state index contributed by atoms with van der Waals surface area (Å²) in [6.07, 6.45) is 3.97. The summed E-state index contributed by atoms with van der Waals surface area (Å²) in [5.74, 6) is -0.325. The summed E-state index contributed by atoms with van der Waals surface area (Å²) in [7, 11) is 0. The molecular weight excluding hydrogens is 372 g/mol. The SMILES string of the molecule is Cc1ccn(CCc2ccccc2)c(=O)c1C(=O)NCCCc1csc(N)n1. The van der Waals surface area contributed by atoms with E-state index in [0.717, 1.165) is 30.5 Å². The van der Waals surface area contributed by atoms with Crippen LogP contribution >= 0.6 is 11.3 Å². The van der Waals surface area contributed by atoms with Gasteiger partial charge in [0.25, 0.3) is 11.5 Å². The van der Waals surface area contributed by atoms with Crippen molar-refractivity contribution in [3.05, 3.63) is 80.7 Å². The van der Waals surface area contributed by atoms with Crippen LogP contribution < -0.4 is 16.6 Å². The van der Waals surface area contributed by atoms with Crippen LogP contribution in [0, 0.1) is 6.92 Å². The minimum atomic E-state index is -0.325. The average Bonchev–Trinajstić information content (AvgIpc) is 3.11. The highest BCUT2D eigenvalue weighted by atomic mass is 32.1. The third-order valence-corrected chi connectivity index (χ3v) is 5.27. The smallest absolute Gasteiger partial charge is 0.263 e. The number of nitrogens with zero attached hydrogens (tertiary/aromatic N) is 2. The first-order valence-corrected chi connectivity index (χ1v) is 10.1. The van der Waals surface area contributed by atoms with E-state index in [9.17, 15) is 9.59 Å². The van der Waals surface area contributed by atoms with Gasteiger partial charge in [0.05, 0.1) is 5.69 Å². The molecule has 0 spiro atoms. The van der Waals surface area contributed by atoms with Crippen molar-refractivity contribution >= 4 is 22.4 Å². The molecule has 0 atom stereocenters. The Balaban J connectivity index is 1.60. The fourth-order valence-electron chi connectivity index (χ4n) is 3.01. The molecule has 2 heterocycles. The third kappa shape index (κ3) is 5.07. The van der Waals surface area contributed by atoms with Crippen LogP contribution in [0.3, 0.4) is 0 Å². The molecule has 0 saturated carbocycles. The normalized spacial score (nSPS) is 10.8. The van der Waals surface area contributed by atoms with E-state index >= 15 is 0 Å². The second-order valence-corrected chi connectivity index (χ2v) is 7.53. The standard InChI is InChI=1S/C21H24N4O2S/c1-15-9-12-25(13-10-16-6-3-2-4-7-16)20(27)18(15)19(26)23-11-5-8-17-14-28-21(22)24-17/h2-4,6-7,9,12,14H,5,8,10-11,13H2,1H3,(H2,22,24)(H,23,26). The molecule has 0 unspecified atom stereocenters. The number of nitrogens with one attached hydrogen (secondary N) is 1. The van der Waals surface area contributed by atoms with Crippen molar-refractivity contribution in [2.24, 2.45) is 0 Å². The summed E-state index contributed by atoms with van der Waals surface area (Å²) >= 11 is 1.41. The first kappa shape index (κ1) is 19.8. The molecule has 0 aliphatic carbocycles. The summed E-state index contributed by atoms with van der Waals surface area (Å²) in [5.41, 5.74) is 8.35. The predicted molar refractivity (Wildman–Crippen MR) is 113 cm³/mol. The molecule has 28 heavy (non-hydrogen) atoms. The van der Waals surface area contributed by atoms with Crippen molar-refractivity contribution in [2.45, 2.75) is 32.7 Å². The summed E-state index contributed by atoms with van der Waals surface area (Å²) in [5, 5.41) is 5.32. The Morgan fingerprint density at radius 1 is 1.21 bits per heavy atom. The topological polar surface area (TPSA) is 90.0 Å². The molecule has 0 fully saturated rings. The van der Waals surface area contributed by atoms with Crippen molar-refractivity contribution in [1.29, 1.82) is 0 Å². The second kappa shape index (κ2) is 9.32. The number of benzene rings is 1. The first-order chi connectivity index (χ1) is 13.5. The number of carbonyl (C=O) groups is 1. The van der Waals surface area contributed by atoms with Crippen molar-refractivity contribution in [2.75, 3.05) is 12.3 Å². The van der Waals surface area contributed by atoms with Crippen LogP contribution in [0.15, 0.2) is 52.8 Å². The Kier molecular flexibility index (Phi) is 6.60. The van der Waals surface area contributed by atoms with Crippen molar-refractivity contribution in [3.8, 4) is 0 Å². The molecule has 146 valence electrons. The minimum absolute atomic E-state index is 0.216. The summed E-state index contributed by atoms with van der Waals surface area (Å²) in [6, 6.07) is 11.8. The number of hydrogen-bond acceptors (Lipinski definition) is 5. The van der Waals surface area contributed by atoms with Gasteiger partial charge in [-0.3, -0.25) is 9.59 Å². The van der Waals surface area contributed by atoms with E-state index in [1.54, 1.807) is 17.7 Å². The van der Waals surface area contributed by atoms with E-state index in [1.807, 2.05) is 41.8 Å². The molecule has 2 aromatic heterocycles. The number of rotatable bonds is 8. The van der Waals surface area contributed by atoms with Crippen LogP contribution in [-0.4, -0.2) is 22.0 Å². The number of thiazole rings is 1. The maximum absolute atomic E-state index is 12.8. The lowest BCUT2D eigenvalue weighted by atomic mass is 10.1. The highest BCUT2D eigenvalue weighted by Gasteiger charge is 2.15. The van der Waals surface area contributed by atoms with Crippen LogP contribution in [0.25, 0.3) is 0 Å². The van der Waals surface area contributed by atoms with Crippen molar-refractivity contribution in [1.82, 2.24) is 14.9 Å². The van der Waals surface area contributed by atoms with Gasteiger partial charge in [0.15, 0.2) is 5.13 Å². The van der Waals surface area contributed by atoms with E-state index in [0.29, 0.717) is 23.8 Å². The number of hydrogen-bond donors (Lipinski definition) is 2. The van der Waals surface area contributed by atoms with Gasteiger partial charge in [0.2, 0.25) is 0 Å². The quantitative estimate of drug-likeness (QED) is 0.573. The maximum atomic E-state index is 12.8. The van der Waals surface area contributed by atoms with E-state index in [1.165, 1.54) is 11.3 Å². The zero-order valence-corrected chi connectivity index (χ0v) is 16.7. The molecule has 1 aromatic carbocycles. The number of nitrogens with two attached hydrogens (primary N) is 1. The lowest BCUT2D eigenvalue weighted by Gasteiger charge is -2.11. The minimum Gasteiger partial charge on any atom is -0.375 e. The summed E-state index contributed by atoms with van der Waals surface area (Å²) < 4.78 is 1.60. The molecule has 0 aliphatic heterocycles. The first-order valence-electron chi connectivity index (χ1n) is 9.26. The molecule has 0 radical (unpaired) electrons. The second-order valence-electron chi connectivity index (χ2n) is 6.64. The molecule has 0 saturated heterocycles. The van der Waals surface area contributed by atoms with Gasteiger partial charge in [-0.25, -0.2) is 4.98 Å². The van der Waals surface area contributed by atoms with E-state index in [-0.39, 0.29) is 17.0 Å². The van der Waals surface area contributed by atoms with Crippen LogP contribution in [0.5, 0.6) is 0 Å². The fourth-order valence-corrected chi connectivity index (χ4v) is 3.61. The van der Waals surface area contributed by atoms with E-state index < -0.39 is 0 Å². The number of aryl methyl sites for hydroxylation is 4. The molecule has 7 heteroatoms. The lowest BCUT2D eigenvalue weighted by molar-refractivity contribution is 0.0950. The van der Waals surface area contributed by atoms with Gasteiger partial charge in [-0.05, 0) is 43.4 Å². The Morgan fingerprint density at radius 3 is 2.71 bits per heavy atom. The van der Waals surface area contributed by atoms with E-state index in [4.69, 9.17) is 5.73 Å². The molecule has 6 nitrogen and oxygen atoms in total. The van der Waals surface area contributed by atoms with Gasteiger partial charge in [-0.1, -0.05) is 30.3 Å². The zero-order chi connectivity index (χ0) is 19.9. The van der Waals surface area contributed by atoms with Crippen molar-refractivity contribution < 1.29 is 4.79 Å². The van der Waals surface area contributed by atoms with Crippen molar-refractivity contribution in [3.63, 3.8) is 0 Å². The molecule has 3 N–H and O–H groups in total. The maximum Gasteiger partial charge on any atom is 0.263 e. The van der Waals surface area contributed by atoms with Crippen LogP contribution in [0.1, 0.15) is 33.6 Å². The monoisotopic (exact) mass is 396 g/mol.